The van der Waals surface area contributed by atoms with Gasteiger partial charge in [0.25, 0.3) is 0 Å². The van der Waals surface area contributed by atoms with Gasteiger partial charge in [0.2, 0.25) is 0 Å². The highest BCUT2D eigenvalue weighted by atomic mass is 16.5. The summed E-state index contributed by atoms with van der Waals surface area (Å²) in [6, 6.07) is 1.91. The Morgan fingerprint density at radius 2 is 1.78 bits per heavy atom. The molecule has 3 nitrogen and oxygen atoms in total. The van der Waals surface area contributed by atoms with Crippen LogP contribution in [0.25, 0.3) is 0 Å². The van der Waals surface area contributed by atoms with Crippen molar-refractivity contribution >= 4 is 0 Å². The van der Waals surface area contributed by atoms with Gasteiger partial charge in [-0.2, -0.15) is 0 Å². The topological polar surface area (TPSA) is 38.5 Å². The van der Waals surface area contributed by atoms with Crippen molar-refractivity contribution in [3.05, 3.63) is 0 Å². The maximum Gasteiger partial charge on any atom is 0.0641 e. The number of ether oxygens (including phenoxy) is 1. The molecular weight excluding hydrogens is 224 g/mol. The molecule has 0 spiro atoms. The smallest absolute Gasteiger partial charge is 0.0641 e. The van der Waals surface area contributed by atoms with Gasteiger partial charge in [0, 0.05) is 24.7 Å². The molecule has 0 aromatic heterocycles. The van der Waals surface area contributed by atoms with Gasteiger partial charge in [0.15, 0.2) is 0 Å². The van der Waals surface area contributed by atoms with Crippen LogP contribution in [0.5, 0.6) is 0 Å². The van der Waals surface area contributed by atoms with Crippen molar-refractivity contribution in [1.29, 1.82) is 0 Å². The quantitative estimate of drug-likeness (QED) is 0.841. The van der Waals surface area contributed by atoms with E-state index in [-0.39, 0.29) is 5.60 Å². The molecule has 0 aromatic rings. The summed E-state index contributed by atoms with van der Waals surface area (Å²) in [4.78, 5) is 2.73. The third-order valence-electron chi connectivity index (χ3n) is 4.72. The molecule has 18 heavy (non-hydrogen) atoms. The first-order valence-electron chi connectivity index (χ1n) is 7.67. The average Bonchev–Trinajstić information content (AvgIpc) is 2.31. The van der Waals surface area contributed by atoms with Gasteiger partial charge in [-0.05, 0) is 58.9 Å². The highest BCUT2D eigenvalue weighted by Crippen LogP contribution is 2.31. The fraction of sp³-hybridized carbons (Fsp3) is 1.00. The molecule has 106 valence electrons. The molecule has 2 rings (SSSR count). The van der Waals surface area contributed by atoms with Crippen LogP contribution in [-0.2, 0) is 4.74 Å². The van der Waals surface area contributed by atoms with Crippen LogP contribution in [0.2, 0.25) is 0 Å². The van der Waals surface area contributed by atoms with Crippen molar-refractivity contribution < 1.29 is 4.74 Å². The third kappa shape index (κ3) is 3.46. The van der Waals surface area contributed by atoms with Crippen LogP contribution in [0.15, 0.2) is 0 Å². The van der Waals surface area contributed by atoms with Crippen molar-refractivity contribution in [2.45, 2.75) is 83.0 Å². The van der Waals surface area contributed by atoms with Gasteiger partial charge in [0.05, 0.1) is 5.60 Å². The lowest BCUT2D eigenvalue weighted by molar-refractivity contribution is -0.0905. The van der Waals surface area contributed by atoms with Gasteiger partial charge in [0.1, 0.15) is 0 Å². The molecule has 1 aliphatic heterocycles. The van der Waals surface area contributed by atoms with Crippen molar-refractivity contribution in [2.75, 3.05) is 13.2 Å². The SMILES string of the molecule is CCN(C1CCC(N)CC1)C1CCOC(C)(C)C1. The fourth-order valence-corrected chi connectivity index (χ4v) is 3.73. The van der Waals surface area contributed by atoms with Crippen molar-refractivity contribution in [3.8, 4) is 0 Å². The summed E-state index contributed by atoms with van der Waals surface area (Å²) in [7, 11) is 0. The molecule has 0 radical (unpaired) electrons. The molecule has 2 N–H and O–H groups in total. The van der Waals surface area contributed by atoms with E-state index in [4.69, 9.17) is 10.5 Å². The van der Waals surface area contributed by atoms with Crippen molar-refractivity contribution in [2.24, 2.45) is 5.73 Å². The predicted molar refractivity (Wildman–Crippen MR) is 75.7 cm³/mol. The zero-order valence-electron chi connectivity index (χ0n) is 12.3. The highest BCUT2D eigenvalue weighted by Gasteiger charge is 2.35. The normalized spacial score (nSPS) is 36.8. The van der Waals surface area contributed by atoms with E-state index in [9.17, 15) is 0 Å². The standard InChI is InChI=1S/C15H30N2O/c1-4-17(13-7-5-12(16)6-8-13)14-9-10-18-15(2,3)11-14/h12-14H,4-11,16H2,1-3H3. The first kappa shape index (κ1) is 14.3. The maximum atomic E-state index is 6.02. The number of nitrogens with zero attached hydrogens (tertiary/aromatic N) is 1. The Hall–Kier alpha value is -0.120. The predicted octanol–water partition coefficient (Wildman–Crippen LogP) is 2.54. The molecule has 1 heterocycles. The molecule has 1 saturated heterocycles. The Balaban J connectivity index is 1.95. The zero-order valence-corrected chi connectivity index (χ0v) is 12.3. The second-order valence-corrected chi connectivity index (χ2v) is 6.65. The fourth-order valence-electron chi connectivity index (χ4n) is 3.73. The van der Waals surface area contributed by atoms with Gasteiger partial charge in [-0.3, -0.25) is 4.90 Å². The number of rotatable bonds is 3. The summed E-state index contributed by atoms with van der Waals surface area (Å²) in [5.74, 6) is 0. The lowest BCUT2D eigenvalue weighted by atomic mass is 9.87. The van der Waals surface area contributed by atoms with E-state index >= 15 is 0 Å². The van der Waals surface area contributed by atoms with Crippen LogP contribution in [0.3, 0.4) is 0 Å². The molecule has 2 fully saturated rings. The van der Waals surface area contributed by atoms with E-state index in [0.717, 1.165) is 12.6 Å². The second kappa shape index (κ2) is 5.89. The summed E-state index contributed by atoms with van der Waals surface area (Å²) < 4.78 is 5.85. The minimum atomic E-state index is 0.0570. The van der Waals surface area contributed by atoms with Gasteiger partial charge < -0.3 is 10.5 Å². The molecule has 1 atom stereocenters. The van der Waals surface area contributed by atoms with Crippen molar-refractivity contribution in [3.63, 3.8) is 0 Å². The van der Waals surface area contributed by atoms with E-state index in [0.29, 0.717) is 12.1 Å². The Morgan fingerprint density at radius 1 is 1.11 bits per heavy atom. The largest absolute Gasteiger partial charge is 0.375 e. The van der Waals surface area contributed by atoms with Crippen LogP contribution in [0, 0.1) is 0 Å². The number of hydrogen-bond donors (Lipinski definition) is 1. The van der Waals surface area contributed by atoms with E-state index in [1.54, 1.807) is 0 Å². The molecule has 1 saturated carbocycles. The third-order valence-corrected chi connectivity index (χ3v) is 4.72. The minimum Gasteiger partial charge on any atom is -0.375 e. The van der Waals surface area contributed by atoms with Crippen LogP contribution in [0.4, 0.5) is 0 Å². The molecule has 0 aromatic carbocycles. The summed E-state index contributed by atoms with van der Waals surface area (Å²) >= 11 is 0. The highest BCUT2D eigenvalue weighted by molar-refractivity contribution is 4.89. The molecule has 1 unspecified atom stereocenters. The van der Waals surface area contributed by atoms with E-state index in [1.807, 2.05) is 0 Å². The molecule has 3 heteroatoms. The monoisotopic (exact) mass is 254 g/mol. The van der Waals surface area contributed by atoms with Crippen LogP contribution >= 0.6 is 0 Å². The Morgan fingerprint density at radius 3 is 2.33 bits per heavy atom. The molecular formula is C15H30N2O. The Bertz CT molecular complexity index is 259. The molecule has 0 bridgehead atoms. The lowest BCUT2D eigenvalue weighted by Crippen LogP contribution is -2.51. The molecule has 2 aliphatic rings. The summed E-state index contributed by atoms with van der Waals surface area (Å²) in [6.45, 7) is 8.84. The van der Waals surface area contributed by atoms with Gasteiger partial charge >= 0.3 is 0 Å². The van der Waals surface area contributed by atoms with Gasteiger partial charge in [-0.1, -0.05) is 6.92 Å². The van der Waals surface area contributed by atoms with Gasteiger partial charge in [-0.25, -0.2) is 0 Å². The second-order valence-electron chi connectivity index (χ2n) is 6.65. The van der Waals surface area contributed by atoms with E-state index in [2.05, 4.69) is 25.7 Å². The first-order chi connectivity index (χ1) is 8.52. The number of hydrogen-bond acceptors (Lipinski definition) is 3. The minimum absolute atomic E-state index is 0.0570. The Labute approximate surface area is 112 Å². The lowest BCUT2D eigenvalue weighted by Gasteiger charge is -2.45. The van der Waals surface area contributed by atoms with Crippen LogP contribution < -0.4 is 5.73 Å². The summed E-state index contributed by atoms with van der Waals surface area (Å²) in [6.07, 6.45) is 7.34. The summed E-state index contributed by atoms with van der Waals surface area (Å²) in [5.41, 5.74) is 6.08. The molecule has 0 amide bonds. The van der Waals surface area contributed by atoms with Crippen LogP contribution in [-0.4, -0.2) is 41.8 Å². The average molecular weight is 254 g/mol. The summed E-state index contributed by atoms with van der Waals surface area (Å²) in [5, 5.41) is 0. The van der Waals surface area contributed by atoms with Crippen LogP contribution in [0.1, 0.15) is 59.3 Å². The Kier molecular flexibility index (Phi) is 4.68. The zero-order chi connectivity index (χ0) is 13.2. The van der Waals surface area contributed by atoms with E-state index in [1.165, 1.54) is 45.1 Å². The maximum absolute atomic E-state index is 6.02. The van der Waals surface area contributed by atoms with E-state index < -0.39 is 0 Å². The van der Waals surface area contributed by atoms with Gasteiger partial charge in [-0.15, -0.1) is 0 Å². The van der Waals surface area contributed by atoms with Crippen molar-refractivity contribution in [1.82, 2.24) is 4.90 Å². The number of nitrogens with two attached hydrogens (primary N) is 1. The molecule has 1 aliphatic carbocycles. The first-order valence-corrected chi connectivity index (χ1v) is 7.67.